The molecule has 2 aromatic rings. The number of halogens is 2. The number of rotatable bonds is 4. The van der Waals surface area contributed by atoms with Crippen LogP contribution in [0.2, 0.25) is 10.0 Å². The smallest absolute Gasteiger partial charge is 0.268 e. The van der Waals surface area contributed by atoms with Crippen LogP contribution in [0.3, 0.4) is 0 Å². The fourth-order valence-corrected chi connectivity index (χ4v) is 2.28. The van der Waals surface area contributed by atoms with Crippen LogP contribution in [-0.4, -0.2) is 15.9 Å². The van der Waals surface area contributed by atoms with Crippen LogP contribution < -0.4 is 11.1 Å². The number of aromatic nitrogens is 2. The molecule has 0 aliphatic heterocycles. The maximum atomic E-state index is 11.1. The minimum atomic E-state index is -0.627. The molecule has 1 aromatic heterocycles. The number of amides is 1. The Hall–Kier alpha value is -1.85. The number of hydrogen-bond donors (Lipinski definition) is 2. The summed E-state index contributed by atoms with van der Waals surface area (Å²) in [7, 11) is 0. The Morgan fingerprint density at radius 3 is 2.75 bits per heavy atom. The summed E-state index contributed by atoms with van der Waals surface area (Å²) in [5.41, 5.74) is 6.12. The second kappa shape index (κ2) is 6.07. The lowest BCUT2D eigenvalue weighted by atomic mass is 10.1. The fourth-order valence-electron chi connectivity index (χ4n) is 1.71. The Labute approximate surface area is 126 Å². The van der Waals surface area contributed by atoms with Gasteiger partial charge in [0.05, 0.1) is 18.4 Å². The van der Waals surface area contributed by atoms with Crippen LogP contribution in [0.4, 0.5) is 5.82 Å². The molecule has 104 valence electrons. The Bertz CT molecular complexity index is 648. The Morgan fingerprint density at radius 1 is 1.35 bits per heavy atom. The summed E-state index contributed by atoms with van der Waals surface area (Å²) >= 11 is 12.0. The highest BCUT2D eigenvalue weighted by Gasteiger charge is 2.12. The highest BCUT2D eigenvalue weighted by molar-refractivity contribution is 6.35. The molecule has 2 rings (SSSR count). The lowest BCUT2D eigenvalue weighted by Gasteiger charge is -2.16. The van der Waals surface area contributed by atoms with Gasteiger partial charge in [0.25, 0.3) is 5.91 Å². The minimum absolute atomic E-state index is 0.101. The summed E-state index contributed by atoms with van der Waals surface area (Å²) in [5.74, 6) is -0.182. The molecule has 0 bridgehead atoms. The van der Waals surface area contributed by atoms with Gasteiger partial charge in [0.1, 0.15) is 11.5 Å². The molecule has 0 aliphatic rings. The molecule has 0 radical (unpaired) electrons. The van der Waals surface area contributed by atoms with Gasteiger partial charge in [0, 0.05) is 10.0 Å². The van der Waals surface area contributed by atoms with E-state index in [-0.39, 0.29) is 11.7 Å². The van der Waals surface area contributed by atoms with Crippen LogP contribution in [0.5, 0.6) is 0 Å². The van der Waals surface area contributed by atoms with Gasteiger partial charge in [-0.15, -0.1) is 0 Å². The third-order valence-corrected chi connectivity index (χ3v) is 3.24. The van der Waals surface area contributed by atoms with Crippen molar-refractivity contribution in [1.82, 2.24) is 9.97 Å². The Kier molecular flexibility index (Phi) is 4.42. The van der Waals surface area contributed by atoms with Crippen LogP contribution in [0.25, 0.3) is 0 Å². The van der Waals surface area contributed by atoms with Gasteiger partial charge in [-0.05, 0) is 24.6 Å². The molecule has 1 aromatic carbocycles. The highest BCUT2D eigenvalue weighted by Crippen LogP contribution is 2.27. The highest BCUT2D eigenvalue weighted by atomic mass is 35.5. The van der Waals surface area contributed by atoms with Crippen molar-refractivity contribution in [2.75, 3.05) is 5.32 Å². The van der Waals surface area contributed by atoms with Crippen molar-refractivity contribution in [3.05, 3.63) is 51.9 Å². The standard InChI is InChI=1S/C13H12Cl2N4O/c1-7(9-3-2-8(14)4-10(9)15)18-12-6-17-5-11(19-12)13(16)20/h2-7H,1H3,(H2,16,20)(H,18,19). The number of nitrogens with one attached hydrogen (secondary N) is 1. The van der Waals surface area contributed by atoms with Crippen molar-refractivity contribution >= 4 is 34.9 Å². The second-order valence-corrected chi connectivity index (χ2v) is 5.03. The molecule has 3 N–H and O–H groups in total. The third kappa shape index (κ3) is 3.37. The van der Waals surface area contributed by atoms with Crippen LogP contribution in [0.1, 0.15) is 29.0 Å². The summed E-state index contributed by atoms with van der Waals surface area (Å²) in [6.45, 7) is 1.91. The van der Waals surface area contributed by atoms with E-state index in [9.17, 15) is 4.79 Å². The number of benzene rings is 1. The molecule has 0 spiro atoms. The molecule has 20 heavy (non-hydrogen) atoms. The molecule has 0 saturated heterocycles. The average molecular weight is 311 g/mol. The molecule has 7 heteroatoms. The topological polar surface area (TPSA) is 80.9 Å². The molecule has 0 saturated carbocycles. The predicted octanol–water partition coefficient (Wildman–Crippen LogP) is 3.06. The third-order valence-electron chi connectivity index (χ3n) is 2.68. The molecule has 0 aliphatic carbocycles. The van der Waals surface area contributed by atoms with Gasteiger partial charge in [-0.2, -0.15) is 0 Å². The van der Waals surface area contributed by atoms with Crippen LogP contribution in [0.15, 0.2) is 30.6 Å². The fraction of sp³-hybridized carbons (Fsp3) is 0.154. The van der Waals surface area contributed by atoms with Crippen LogP contribution in [0, 0.1) is 0 Å². The molecule has 1 amide bonds. The number of primary amides is 1. The van der Waals surface area contributed by atoms with Crippen molar-refractivity contribution < 1.29 is 4.79 Å². The molecule has 1 unspecified atom stereocenters. The van der Waals surface area contributed by atoms with E-state index in [1.54, 1.807) is 12.1 Å². The number of nitrogens with two attached hydrogens (primary N) is 1. The lowest BCUT2D eigenvalue weighted by molar-refractivity contribution is 0.0995. The monoisotopic (exact) mass is 310 g/mol. The molecule has 1 atom stereocenters. The number of hydrogen-bond acceptors (Lipinski definition) is 4. The van der Waals surface area contributed by atoms with Gasteiger partial charge in [0.2, 0.25) is 0 Å². The summed E-state index contributed by atoms with van der Waals surface area (Å²) < 4.78 is 0. The summed E-state index contributed by atoms with van der Waals surface area (Å²) in [5, 5.41) is 4.23. The van der Waals surface area contributed by atoms with E-state index in [1.807, 2.05) is 13.0 Å². The summed E-state index contributed by atoms with van der Waals surface area (Å²) in [6, 6.07) is 5.12. The van der Waals surface area contributed by atoms with Crippen molar-refractivity contribution in [2.24, 2.45) is 5.73 Å². The lowest BCUT2D eigenvalue weighted by Crippen LogP contribution is -2.15. The summed E-state index contributed by atoms with van der Waals surface area (Å²) in [6.07, 6.45) is 2.82. The van der Waals surface area contributed by atoms with Crippen molar-refractivity contribution in [2.45, 2.75) is 13.0 Å². The maximum absolute atomic E-state index is 11.1. The summed E-state index contributed by atoms with van der Waals surface area (Å²) in [4.78, 5) is 19.0. The number of nitrogens with zero attached hydrogens (tertiary/aromatic N) is 2. The first-order valence-electron chi connectivity index (χ1n) is 5.80. The van der Waals surface area contributed by atoms with Gasteiger partial charge in [-0.25, -0.2) is 4.98 Å². The van der Waals surface area contributed by atoms with E-state index in [4.69, 9.17) is 28.9 Å². The Balaban J connectivity index is 2.21. The molecule has 5 nitrogen and oxygen atoms in total. The van der Waals surface area contributed by atoms with Gasteiger partial charge in [-0.1, -0.05) is 29.3 Å². The van der Waals surface area contributed by atoms with E-state index < -0.39 is 5.91 Å². The van der Waals surface area contributed by atoms with E-state index in [0.717, 1.165) is 5.56 Å². The van der Waals surface area contributed by atoms with Gasteiger partial charge in [-0.3, -0.25) is 9.78 Å². The second-order valence-electron chi connectivity index (χ2n) is 4.19. The number of carbonyl (C=O) groups is 1. The predicted molar refractivity (Wildman–Crippen MR) is 79.0 cm³/mol. The zero-order valence-electron chi connectivity index (χ0n) is 10.6. The van der Waals surface area contributed by atoms with Crippen molar-refractivity contribution in [1.29, 1.82) is 0 Å². The zero-order chi connectivity index (χ0) is 14.7. The normalized spacial score (nSPS) is 11.9. The van der Waals surface area contributed by atoms with Crippen LogP contribution >= 0.6 is 23.2 Å². The molecular weight excluding hydrogens is 299 g/mol. The van der Waals surface area contributed by atoms with Gasteiger partial charge in [0.15, 0.2) is 0 Å². The molecule has 1 heterocycles. The van der Waals surface area contributed by atoms with Crippen molar-refractivity contribution in [3.8, 4) is 0 Å². The first-order chi connectivity index (χ1) is 9.47. The average Bonchev–Trinajstić information content (AvgIpc) is 2.38. The van der Waals surface area contributed by atoms with Gasteiger partial charge < -0.3 is 11.1 Å². The minimum Gasteiger partial charge on any atom is -0.364 e. The molecular formula is C13H12Cl2N4O. The largest absolute Gasteiger partial charge is 0.364 e. The number of anilines is 1. The SMILES string of the molecule is CC(Nc1cncc(C(N)=O)n1)c1ccc(Cl)cc1Cl. The van der Waals surface area contributed by atoms with E-state index in [2.05, 4.69) is 15.3 Å². The first kappa shape index (κ1) is 14.6. The quantitative estimate of drug-likeness (QED) is 0.909. The Morgan fingerprint density at radius 2 is 2.10 bits per heavy atom. The van der Waals surface area contributed by atoms with E-state index in [0.29, 0.717) is 15.9 Å². The zero-order valence-corrected chi connectivity index (χ0v) is 12.1. The van der Waals surface area contributed by atoms with Gasteiger partial charge >= 0.3 is 0 Å². The first-order valence-corrected chi connectivity index (χ1v) is 6.56. The van der Waals surface area contributed by atoms with Crippen molar-refractivity contribution in [3.63, 3.8) is 0 Å². The maximum Gasteiger partial charge on any atom is 0.268 e. The van der Waals surface area contributed by atoms with Crippen LogP contribution in [-0.2, 0) is 0 Å². The van der Waals surface area contributed by atoms with E-state index >= 15 is 0 Å². The van der Waals surface area contributed by atoms with E-state index in [1.165, 1.54) is 12.4 Å². The molecule has 0 fully saturated rings. The number of carbonyl (C=O) groups excluding carboxylic acids is 1.